The van der Waals surface area contributed by atoms with Crippen molar-refractivity contribution in [1.29, 1.82) is 0 Å². The molecule has 2 amide bonds. The molecule has 0 bridgehead atoms. The lowest BCUT2D eigenvalue weighted by Crippen LogP contribution is -2.56. The van der Waals surface area contributed by atoms with E-state index in [1.165, 1.54) is 0 Å². The lowest BCUT2D eigenvalue weighted by atomic mass is 9.73. The third-order valence-electron chi connectivity index (χ3n) is 7.81. The Morgan fingerprint density at radius 1 is 1.03 bits per heavy atom. The van der Waals surface area contributed by atoms with Crippen LogP contribution in [0.15, 0.2) is 24.3 Å². The number of cyclic esters (lactones) is 1. The Morgan fingerprint density at radius 2 is 1.85 bits per heavy atom. The van der Waals surface area contributed by atoms with Gasteiger partial charge >= 0.3 is 5.97 Å². The van der Waals surface area contributed by atoms with Gasteiger partial charge in [-0.15, -0.1) is 0 Å². The summed E-state index contributed by atoms with van der Waals surface area (Å²) in [5, 5.41) is 9.47. The van der Waals surface area contributed by atoms with Crippen molar-refractivity contribution in [2.24, 2.45) is 11.8 Å². The summed E-state index contributed by atoms with van der Waals surface area (Å²) >= 11 is 0. The summed E-state index contributed by atoms with van der Waals surface area (Å²) in [5.41, 5.74) is -2.25. The predicted molar refractivity (Wildman–Crippen MR) is 126 cm³/mol. The van der Waals surface area contributed by atoms with Gasteiger partial charge in [-0.3, -0.25) is 14.4 Å². The van der Waals surface area contributed by atoms with Crippen LogP contribution in [0, 0.1) is 11.8 Å². The molecule has 8 nitrogen and oxygen atoms in total. The molecular weight excluding hydrogens is 436 g/mol. The van der Waals surface area contributed by atoms with Gasteiger partial charge in [0, 0.05) is 26.2 Å². The quantitative estimate of drug-likeness (QED) is 0.329. The van der Waals surface area contributed by atoms with Crippen LogP contribution in [0.5, 0.6) is 0 Å². The highest BCUT2D eigenvalue weighted by molar-refractivity contribution is 5.99. The van der Waals surface area contributed by atoms with Gasteiger partial charge in [0.1, 0.15) is 23.2 Å². The zero-order valence-electron chi connectivity index (χ0n) is 20.4. The Balaban J connectivity index is 1.80. The minimum Gasteiger partial charge on any atom is -0.465 e. The van der Waals surface area contributed by atoms with Crippen molar-refractivity contribution in [3.8, 4) is 0 Å². The van der Waals surface area contributed by atoms with Crippen molar-refractivity contribution < 1.29 is 29.0 Å². The van der Waals surface area contributed by atoms with Crippen LogP contribution in [0.4, 0.5) is 0 Å². The average Bonchev–Trinajstić information content (AvgIpc) is 3.21. The molecule has 2 saturated heterocycles. The number of hydrogen-bond acceptors (Lipinski definition) is 6. The second kappa shape index (κ2) is 10.2. The van der Waals surface area contributed by atoms with Crippen molar-refractivity contribution in [3.05, 3.63) is 24.3 Å². The Kier molecular flexibility index (Phi) is 7.48. The van der Waals surface area contributed by atoms with E-state index in [4.69, 9.17) is 9.47 Å². The number of fused-ring (bicyclic) bond motifs is 2. The average molecular weight is 475 g/mol. The van der Waals surface area contributed by atoms with Gasteiger partial charge in [0.25, 0.3) is 0 Å². The number of carbonyl (C=O) groups is 3. The summed E-state index contributed by atoms with van der Waals surface area (Å²) in [5.74, 6) is -2.52. The molecule has 5 atom stereocenters. The Bertz CT molecular complexity index is 856. The number of rotatable bonds is 8. The number of aliphatic hydroxyl groups is 1. The topological polar surface area (TPSA) is 96.4 Å². The lowest BCUT2D eigenvalue weighted by Gasteiger charge is -2.38. The van der Waals surface area contributed by atoms with Crippen LogP contribution in [0.1, 0.15) is 58.8 Å². The molecule has 4 aliphatic heterocycles. The van der Waals surface area contributed by atoms with Gasteiger partial charge in [0.05, 0.1) is 12.5 Å². The molecule has 4 heterocycles. The van der Waals surface area contributed by atoms with E-state index in [0.29, 0.717) is 32.5 Å². The molecule has 34 heavy (non-hydrogen) atoms. The maximum Gasteiger partial charge on any atom is 0.313 e. The highest BCUT2D eigenvalue weighted by Crippen LogP contribution is 2.58. The highest BCUT2D eigenvalue weighted by Gasteiger charge is 2.75. The highest BCUT2D eigenvalue weighted by atomic mass is 16.6. The molecule has 188 valence electrons. The summed E-state index contributed by atoms with van der Waals surface area (Å²) in [6, 6.07) is -0.864. The normalized spacial score (nSPS) is 36.2. The van der Waals surface area contributed by atoms with Gasteiger partial charge < -0.3 is 24.4 Å². The van der Waals surface area contributed by atoms with E-state index in [9.17, 15) is 19.5 Å². The zero-order valence-corrected chi connectivity index (χ0v) is 20.4. The number of aliphatic hydroxyl groups excluding tert-OH is 1. The SMILES string of the molecule is CCCCCN1CC=C[C@]23O[C@]4(CC)/C=C\CCCOC(=O)[C@@H]4[C@H]2C(=O)N(CCCO)C3C1=O. The zero-order chi connectivity index (χ0) is 24.3. The van der Waals surface area contributed by atoms with E-state index in [0.717, 1.165) is 32.1 Å². The van der Waals surface area contributed by atoms with Gasteiger partial charge in [-0.25, -0.2) is 0 Å². The lowest BCUT2D eigenvalue weighted by molar-refractivity contribution is -0.161. The van der Waals surface area contributed by atoms with Gasteiger partial charge in [0.15, 0.2) is 0 Å². The van der Waals surface area contributed by atoms with Gasteiger partial charge in [-0.2, -0.15) is 0 Å². The van der Waals surface area contributed by atoms with E-state index in [1.807, 2.05) is 31.2 Å². The van der Waals surface area contributed by atoms with E-state index < -0.39 is 35.0 Å². The Hall–Kier alpha value is -2.19. The fraction of sp³-hybridized carbons (Fsp3) is 0.731. The summed E-state index contributed by atoms with van der Waals surface area (Å²) in [6.07, 6.45) is 13.0. The fourth-order valence-electron chi connectivity index (χ4n) is 6.16. The van der Waals surface area contributed by atoms with Crippen LogP contribution in [-0.2, 0) is 23.9 Å². The molecule has 0 saturated carbocycles. The fourth-order valence-corrected chi connectivity index (χ4v) is 6.16. The number of ether oxygens (including phenoxy) is 2. The first kappa shape index (κ1) is 24.9. The van der Waals surface area contributed by atoms with E-state index in [2.05, 4.69) is 6.92 Å². The molecule has 1 unspecified atom stereocenters. The minimum absolute atomic E-state index is 0.0909. The number of esters is 1. The first-order valence-electron chi connectivity index (χ1n) is 12.9. The third-order valence-corrected chi connectivity index (χ3v) is 7.81. The monoisotopic (exact) mass is 474 g/mol. The number of amides is 2. The number of hydrogen-bond donors (Lipinski definition) is 1. The van der Waals surface area contributed by atoms with Crippen LogP contribution in [0.2, 0.25) is 0 Å². The maximum atomic E-state index is 14.0. The maximum absolute atomic E-state index is 14.0. The Morgan fingerprint density at radius 3 is 2.59 bits per heavy atom. The standard InChI is InChI=1S/C26H38N2O6/c1-3-5-8-14-27-15-10-13-26-19(22(30)28(16-11-17-29)21(26)23(27)31)20-24(32)33-18-9-6-7-12-25(20,4-2)34-26/h7,10,12-13,19-21,29H,3-6,8-9,11,14-18H2,1-2H3/b12-7-/t19-,20-,21?,25+,26-/m0/s1. The molecule has 1 spiro atoms. The van der Waals surface area contributed by atoms with Crippen LogP contribution < -0.4 is 0 Å². The Labute approximate surface area is 201 Å². The van der Waals surface area contributed by atoms with Crippen LogP contribution in [0.25, 0.3) is 0 Å². The summed E-state index contributed by atoms with van der Waals surface area (Å²) in [4.78, 5) is 44.6. The summed E-state index contributed by atoms with van der Waals surface area (Å²) in [7, 11) is 0. The second-order valence-corrected chi connectivity index (χ2v) is 9.84. The molecular formula is C26H38N2O6. The van der Waals surface area contributed by atoms with Gasteiger partial charge in [-0.1, -0.05) is 51.0 Å². The van der Waals surface area contributed by atoms with E-state index in [1.54, 1.807) is 9.80 Å². The second-order valence-electron chi connectivity index (χ2n) is 9.84. The molecule has 4 aliphatic rings. The number of unbranched alkanes of at least 4 members (excludes halogenated alkanes) is 2. The molecule has 4 rings (SSSR count). The third kappa shape index (κ3) is 3.98. The van der Waals surface area contributed by atoms with Gasteiger partial charge in [-0.05, 0) is 32.1 Å². The van der Waals surface area contributed by atoms with E-state index in [-0.39, 0.29) is 25.0 Å². The van der Waals surface area contributed by atoms with Crippen molar-refractivity contribution >= 4 is 17.8 Å². The molecule has 1 N–H and O–H groups in total. The molecule has 0 aromatic heterocycles. The largest absolute Gasteiger partial charge is 0.465 e. The minimum atomic E-state index is -1.24. The molecule has 0 radical (unpaired) electrons. The number of nitrogens with zero attached hydrogens (tertiary/aromatic N) is 2. The first-order valence-corrected chi connectivity index (χ1v) is 12.9. The van der Waals surface area contributed by atoms with Crippen molar-refractivity contribution in [2.45, 2.75) is 76.0 Å². The number of allylic oxidation sites excluding steroid dienone is 1. The summed E-state index contributed by atoms with van der Waals surface area (Å²) < 4.78 is 12.4. The van der Waals surface area contributed by atoms with Crippen LogP contribution in [0.3, 0.4) is 0 Å². The van der Waals surface area contributed by atoms with Crippen molar-refractivity contribution in [1.82, 2.24) is 9.80 Å². The predicted octanol–water partition coefficient (Wildman–Crippen LogP) is 2.21. The smallest absolute Gasteiger partial charge is 0.313 e. The molecule has 8 heteroatoms. The number of carbonyl (C=O) groups excluding carboxylic acids is 3. The number of likely N-dealkylation sites (tertiary alicyclic amines) is 1. The molecule has 0 aliphatic carbocycles. The first-order chi connectivity index (χ1) is 16.5. The van der Waals surface area contributed by atoms with Gasteiger partial charge in [0.2, 0.25) is 11.8 Å². The molecule has 0 aromatic rings. The van der Waals surface area contributed by atoms with Crippen LogP contribution >= 0.6 is 0 Å². The molecule has 0 aromatic carbocycles. The van der Waals surface area contributed by atoms with E-state index >= 15 is 0 Å². The molecule has 2 fully saturated rings. The van der Waals surface area contributed by atoms with Crippen molar-refractivity contribution in [3.63, 3.8) is 0 Å². The van der Waals surface area contributed by atoms with Crippen LogP contribution in [-0.4, -0.2) is 82.8 Å². The van der Waals surface area contributed by atoms with Crippen molar-refractivity contribution in [2.75, 3.05) is 32.8 Å². The summed E-state index contributed by atoms with van der Waals surface area (Å²) in [6.45, 7) is 5.57.